The molecule has 0 atom stereocenters. The molecule has 0 aliphatic heterocycles. The Bertz CT molecular complexity index is 321. The summed E-state index contributed by atoms with van der Waals surface area (Å²) in [6.07, 6.45) is 7.96. The van der Waals surface area contributed by atoms with E-state index in [9.17, 15) is 4.79 Å². The molecule has 1 fully saturated rings. The number of amides is 1. The first-order valence-electron chi connectivity index (χ1n) is 5.69. The minimum atomic E-state index is -0.196. The first-order valence-corrected chi connectivity index (χ1v) is 6.46. The Morgan fingerprint density at radius 3 is 3.00 bits per heavy atom. The molecule has 2 rings (SSSR count). The van der Waals surface area contributed by atoms with Crippen LogP contribution in [0.25, 0.3) is 0 Å². The second-order valence-electron chi connectivity index (χ2n) is 4.12. The zero-order valence-electron chi connectivity index (χ0n) is 9.15. The van der Waals surface area contributed by atoms with E-state index >= 15 is 0 Å². The SMILES string of the molecule is O=C(NOCC1CCCCC1)c1ccns1. The summed E-state index contributed by atoms with van der Waals surface area (Å²) in [5, 5.41) is 0. The number of hydrogen-bond donors (Lipinski definition) is 1. The van der Waals surface area contributed by atoms with Gasteiger partial charge in [0.25, 0.3) is 5.91 Å². The van der Waals surface area contributed by atoms with Crippen molar-refractivity contribution in [2.75, 3.05) is 6.61 Å². The number of aromatic nitrogens is 1. The Morgan fingerprint density at radius 2 is 2.31 bits per heavy atom. The molecular formula is C11H16N2O2S. The van der Waals surface area contributed by atoms with Crippen molar-refractivity contribution >= 4 is 17.4 Å². The number of carbonyl (C=O) groups is 1. The Kier molecular flexibility index (Phi) is 4.30. The third-order valence-corrected chi connectivity index (χ3v) is 3.62. The molecule has 4 nitrogen and oxygen atoms in total. The molecule has 1 saturated carbocycles. The zero-order chi connectivity index (χ0) is 11.2. The fourth-order valence-corrected chi connectivity index (χ4v) is 2.44. The smallest absolute Gasteiger partial charge is 0.273 e. The second kappa shape index (κ2) is 5.96. The largest absolute Gasteiger partial charge is 0.286 e. The van der Waals surface area contributed by atoms with Crippen LogP contribution in [0.2, 0.25) is 0 Å². The molecule has 1 N–H and O–H groups in total. The van der Waals surface area contributed by atoms with Gasteiger partial charge in [0.05, 0.1) is 6.61 Å². The minimum absolute atomic E-state index is 0.196. The first kappa shape index (κ1) is 11.5. The standard InChI is InChI=1S/C11H16N2O2S/c14-11(10-6-7-12-16-10)13-15-8-9-4-2-1-3-5-9/h6-7,9H,1-5,8H2,(H,13,14). The van der Waals surface area contributed by atoms with Gasteiger partial charge in [0.2, 0.25) is 0 Å². The van der Waals surface area contributed by atoms with Gasteiger partial charge in [-0.05, 0) is 36.4 Å². The molecule has 88 valence electrons. The maximum Gasteiger partial charge on any atom is 0.286 e. The molecule has 1 aromatic heterocycles. The van der Waals surface area contributed by atoms with Gasteiger partial charge in [0.1, 0.15) is 4.88 Å². The van der Waals surface area contributed by atoms with Crippen molar-refractivity contribution in [3.63, 3.8) is 0 Å². The van der Waals surface area contributed by atoms with Gasteiger partial charge in [0.15, 0.2) is 0 Å². The fraction of sp³-hybridized carbons (Fsp3) is 0.636. The summed E-state index contributed by atoms with van der Waals surface area (Å²) in [7, 11) is 0. The van der Waals surface area contributed by atoms with Gasteiger partial charge in [0, 0.05) is 6.20 Å². The predicted octanol–water partition coefficient (Wildman–Crippen LogP) is 2.38. The minimum Gasteiger partial charge on any atom is -0.273 e. The van der Waals surface area contributed by atoms with Crippen LogP contribution in [0, 0.1) is 5.92 Å². The number of hydroxylamine groups is 1. The lowest BCUT2D eigenvalue weighted by atomic mass is 9.90. The van der Waals surface area contributed by atoms with Crippen molar-refractivity contribution in [3.8, 4) is 0 Å². The highest BCUT2D eigenvalue weighted by Crippen LogP contribution is 2.23. The van der Waals surface area contributed by atoms with Crippen molar-refractivity contribution in [3.05, 3.63) is 17.1 Å². The average molecular weight is 240 g/mol. The van der Waals surface area contributed by atoms with Crippen molar-refractivity contribution in [1.82, 2.24) is 9.85 Å². The quantitative estimate of drug-likeness (QED) is 0.822. The van der Waals surface area contributed by atoms with Crippen molar-refractivity contribution in [1.29, 1.82) is 0 Å². The summed E-state index contributed by atoms with van der Waals surface area (Å²) >= 11 is 1.18. The Balaban J connectivity index is 1.66. The Hall–Kier alpha value is -0.940. The molecule has 1 aliphatic carbocycles. The molecule has 0 bridgehead atoms. The molecule has 0 spiro atoms. The van der Waals surface area contributed by atoms with Crippen molar-refractivity contribution in [2.24, 2.45) is 5.92 Å². The van der Waals surface area contributed by atoms with Gasteiger partial charge in [-0.3, -0.25) is 9.63 Å². The van der Waals surface area contributed by atoms with Gasteiger partial charge in [-0.15, -0.1) is 0 Å². The van der Waals surface area contributed by atoms with Gasteiger partial charge in [-0.25, -0.2) is 9.85 Å². The molecule has 5 heteroatoms. The van der Waals surface area contributed by atoms with E-state index in [2.05, 4.69) is 9.85 Å². The summed E-state index contributed by atoms with van der Waals surface area (Å²) in [5.74, 6) is 0.411. The fourth-order valence-electron chi connectivity index (χ4n) is 1.96. The van der Waals surface area contributed by atoms with E-state index in [4.69, 9.17) is 4.84 Å². The van der Waals surface area contributed by atoms with E-state index < -0.39 is 0 Å². The van der Waals surface area contributed by atoms with E-state index in [0.717, 1.165) is 0 Å². The summed E-state index contributed by atoms with van der Waals surface area (Å²) in [6.45, 7) is 0.630. The van der Waals surface area contributed by atoms with Crippen LogP contribution < -0.4 is 5.48 Å². The summed E-state index contributed by atoms with van der Waals surface area (Å²) < 4.78 is 3.87. The monoisotopic (exact) mass is 240 g/mol. The maximum absolute atomic E-state index is 11.5. The molecule has 0 saturated heterocycles. The average Bonchev–Trinajstić information content (AvgIpc) is 2.84. The van der Waals surface area contributed by atoms with Crippen molar-refractivity contribution < 1.29 is 9.63 Å². The molecular weight excluding hydrogens is 224 g/mol. The second-order valence-corrected chi connectivity index (χ2v) is 4.96. The van der Waals surface area contributed by atoms with Gasteiger partial charge < -0.3 is 0 Å². The lowest BCUT2D eigenvalue weighted by Crippen LogP contribution is -2.26. The number of nitrogens with one attached hydrogen (secondary N) is 1. The highest BCUT2D eigenvalue weighted by atomic mass is 32.1. The van der Waals surface area contributed by atoms with Crippen molar-refractivity contribution in [2.45, 2.75) is 32.1 Å². The topological polar surface area (TPSA) is 51.2 Å². The van der Waals surface area contributed by atoms with Crippen LogP contribution in [0.15, 0.2) is 12.3 Å². The molecule has 1 heterocycles. The van der Waals surface area contributed by atoms with Crippen LogP contribution in [0.3, 0.4) is 0 Å². The predicted molar refractivity (Wildman–Crippen MR) is 62.1 cm³/mol. The number of carbonyl (C=O) groups excluding carboxylic acids is 1. The summed E-state index contributed by atoms with van der Waals surface area (Å²) in [4.78, 5) is 17.3. The van der Waals surface area contributed by atoms with Crippen LogP contribution in [0.1, 0.15) is 41.8 Å². The third-order valence-electron chi connectivity index (χ3n) is 2.87. The van der Waals surface area contributed by atoms with Crippen LogP contribution in [-0.4, -0.2) is 16.9 Å². The molecule has 0 aromatic carbocycles. The maximum atomic E-state index is 11.5. The first-order chi connectivity index (χ1) is 7.86. The molecule has 1 aliphatic rings. The summed E-state index contributed by atoms with van der Waals surface area (Å²) in [5.41, 5.74) is 2.46. The molecule has 0 radical (unpaired) electrons. The van der Waals surface area contributed by atoms with Gasteiger partial charge in [-0.2, -0.15) is 0 Å². The molecule has 16 heavy (non-hydrogen) atoms. The summed E-state index contributed by atoms with van der Waals surface area (Å²) in [6, 6.07) is 1.68. The number of rotatable bonds is 4. The number of hydrogen-bond acceptors (Lipinski definition) is 4. The Labute approximate surface area is 99.1 Å². The lowest BCUT2D eigenvalue weighted by molar-refractivity contribution is 0.0109. The zero-order valence-corrected chi connectivity index (χ0v) is 9.96. The normalized spacial score (nSPS) is 17.2. The lowest BCUT2D eigenvalue weighted by Gasteiger charge is -2.20. The van der Waals surface area contributed by atoms with Crippen LogP contribution >= 0.6 is 11.5 Å². The van der Waals surface area contributed by atoms with Crippen LogP contribution in [0.4, 0.5) is 0 Å². The van der Waals surface area contributed by atoms with Crippen LogP contribution in [0.5, 0.6) is 0 Å². The van der Waals surface area contributed by atoms with E-state index in [1.165, 1.54) is 43.6 Å². The Morgan fingerprint density at radius 1 is 1.50 bits per heavy atom. The van der Waals surface area contributed by atoms with E-state index in [1.807, 2.05) is 0 Å². The third kappa shape index (κ3) is 3.28. The van der Waals surface area contributed by atoms with E-state index in [-0.39, 0.29) is 5.91 Å². The van der Waals surface area contributed by atoms with E-state index in [1.54, 1.807) is 12.3 Å². The highest BCUT2D eigenvalue weighted by molar-refractivity contribution is 7.08. The van der Waals surface area contributed by atoms with Gasteiger partial charge >= 0.3 is 0 Å². The molecule has 1 amide bonds. The molecule has 0 unspecified atom stereocenters. The van der Waals surface area contributed by atoms with E-state index in [0.29, 0.717) is 17.4 Å². The van der Waals surface area contributed by atoms with Gasteiger partial charge in [-0.1, -0.05) is 19.3 Å². The number of nitrogens with zero attached hydrogens (tertiary/aromatic N) is 1. The van der Waals surface area contributed by atoms with Crippen LogP contribution in [-0.2, 0) is 4.84 Å². The molecule has 1 aromatic rings. The highest BCUT2D eigenvalue weighted by Gasteiger charge is 2.14.